The molecule has 0 bridgehead atoms. The Bertz CT molecular complexity index is 498. The van der Waals surface area contributed by atoms with Gasteiger partial charge in [0.15, 0.2) is 0 Å². The van der Waals surface area contributed by atoms with E-state index in [0.29, 0.717) is 12.6 Å². The lowest BCUT2D eigenvalue weighted by Gasteiger charge is -2.26. The maximum absolute atomic E-state index is 5.99. The largest absolute Gasteiger partial charge is 0.491 e. The molecule has 1 aromatic rings. The molecule has 1 fully saturated rings. The average Bonchev–Trinajstić information content (AvgIpc) is 2.83. The van der Waals surface area contributed by atoms with Crippen molar-refractivity contribution >= 4 is 0 Å². The zero-order valence-corrected chi connectivity index (χ0v) is 13.4. The molecule has 3 rings (SSSR count). The Kier molecular flexibility index (Phi) is 4.23. The van der Waals surface area contributed by atoms with Crippen LogP contribution in [-0.2, 0) is 11.2 Å². The van der Waals surface area contributed by atoms with Crippen LogP contribution in [0, 0.1) is 0 Å². The summed E-state index contributed by atoms with van der Waals surface area (Å²) in [6.45, 7) is 4.97. The van der Waals surface area contributed by atoms with E-state index in [4.69, 9.17) is 9.47 Å². The second-order valence-electron chi connectivity index (χ2n) is 6.94. The molecular formula is C18H27NO2. The van der Waals surface area contributed by atoms with Crippen LogP contribution in [0.4, 0.5) is 0 Å². The molecule has 2 aliphatic rings. The molecule has 3 nitrogen and oxygen atoms in total. The van der Waals surface area contributed by atoms with E-state index in [1.807, 2.05) is 7.05 Å². The lowest BCUT2D eigenvalue weighted by molar-refractivity contribution is -0.0326. The standard InChI is InChI=1S/C18H27NO2/c1-18(2)10-9-15(21-18)12-20-14-8-7-13-5-4-6-17(19-3)16(13)11-14/h7-8,11,15,17,19H,4-6,9-10,12H2,1-3H3. The molecule has 0 saturated carbocycles. The maximum Gasteiger partial charge on any atom is 0.119 e. The lowest BCUT2D eigenvalue weighted by Crippen LogP contribution is -2.24. The molecule has 2 unspecified atom stereocenters. The molecule has 0 aromatic heterocycles. The van der Waals surface area contributed by atoms with Crippen molar-refractivity contribution in [2.45, 2.75) is 63.7 Å². The van der Waals surface area contributed by atoms with Crippen LogP contribution in [0.5, 0.6) is 5.75 Å². The summed E-state index contributed by atoms with van der Waals surface area (Å²) in [4.78, 5) is 0. The number of aryl methyl sites for hydroxylation is 1. The van der Waals surface area contributed by atoms with Crippen molar-refractivity contribution in [3.63, 3.8) is 0 Å². The van der Waals surface area contributed by atoms with Gasteiger partial charge in [-0.1, -0.05) is 6.07 Å². The summed E-state index contributed by atoms with van der Waals surface area (Å²) in [5.74, 6) is 0.976. The van der Waals surface area contributed by atoms with Crippen LogP contribution in [0.2, 0.25) is 0 Å². The molecule has 1 aliphatic heterocycles. The molecule has 0 amide bonds. The highest BCUT2D eigenvalue weighted by molar-refractivity contribution is 5.39. The van der Waals surface area contributed by atoms with E-state index in [1.165, 1.54) is 30.4 Å². The maximum atomic E-state index is 5.99. The van der Waals surface area contributed by atoms with Crippen molar-refractivity contribution in [2.24, 2.45) is 0 Å². The first-order valence-electron chi connectivity index (χ1n) is 8.18. The van der Waals surface area contributed by atoms with Crippen molar-refractivity contribution in [1.29, 1.82) is 0 Å². The topological polar surface area (TPSA) is 30.5 Å². The quantitative estimate of drug-likeness (QED) is 0.918. The van der Waals surface area contributed by atoms with Crippen LogP contribution in [-0.4, -0.2) is 25.4 Å². The molecule has 1 aromatic carbocycles. The molecule has 116 valence electrons. The summed E-state index contributed by atoms with van der Waals surface area (Å²) in [7, 11) is 2.04. The van der Waals surface area contributed by atoms with E-state index in [-0.39, 0.29) is 11.7 Å². The third-order valence-electron chi connectivity index (χ3n) is 4.77. The fraction of sp³-hybridized carbons (Fsp3) is 0.667. The molecular weight excluding hydrogens is 262 g/mol. The van der Waals surface area contributed by atoms with Crippen LogP contribution in [0.1, 0.15) is 56.7 Å². The minimum atomic E-state index is 0.0150. The van der Waals surface area contributed by atoms with E-state index in [2.05, 4.69) is 37.4 Å². The first-order chi connectivity index (χ1) is 10.1. The van der Waals surface area contributed by atoms with Crippen LogP contribution in [0.3, 0.4) is 0 Å². The number of benzene rings is 1. The Morgan fingerprint density at radius 1 is 1.33 bits per heavy atom. The van der Waals surface area contributed by atoms with E-state index in [9.17, 15) is 0 Å². The minimum Gasteiger partial charge on any atom is -0.491 e. The van der Waals surface area contributed by atoms with Gasteiger partial charge in [-0.3, -0.25) is 0 Å². The van der Waals surface area contributed by atoms with Crippen molar-refractivity contribution in [3.05, 3.63) is 29.3 Å². The third-order valence-corrected chi connectivity index (χ3v) is 4.77. The van der Waals surface area contributed by atoms with Crippen molar-refractivity contribution in [3.8, 4) is 5.75 Å². The van der Waals surface area contributed by atoms with Crippen LogP contribution < -0.4 is 10.1 Å². The SMILES string of the molecule is CNC1CCCc2ccc(OCC3CCC(C)(C)O3)cc21. The molecule has 1 N–H and O–H groups in total. The van der Waals surface area contributed by atoms with Crippen molar-refractivity contribution in [2.75, 3.05) is 13.7 Å². The van der Waals surface area contributed by atoms with E-state index >= 15 is 0 Å². The molecule has 3 heteroatoms. The third kappa shape index (κ3) is 3.41. The van der Waals surface area contributed by atoms with Gasteiger partial charge in [-0.2, -0.15) is 0 Å². The smallest absolute Gasteiger partial charge is 0.119 e. The summed E-state index contributed by atoms with van der Waals surface area (Å²) in [5, 5.41) is 3.42. The van der Waals surface area contributed by atoms with Crippen LogP contribution >= 0.6 is 0 Å². The van der Waals surface area contributed by atoms with Crippen molar-refractivity contribution in [1.82, 2.24) is 5.32 Å². The summed E-state index contributed by atoms with van der Waals surface area (Å²) < 4.78 is 12.0. The highest BCUT2D eigenvalue weighted by Gasteiger charge is 2.32. The molecule has 0 radical (unpaired) electrons. The summed E-state index contributed by atoms with van der Waals surface area (Å²) in [6.07, 6.45) is 6.12. The van der Waals surface area contributed by atoms with Gasteiger partial charge >= 0.3 is 0 Å². The molecule has 1 heterocycles. The van der Waals surface area contributed by atoms with Gasteiger partial charge in [-0.05, 0) is 76.3 Å². The lowest BCUT2D eigenvalue weighted by atomic mass is 9.87. The number of ether oxygens (including phenoxy) is 2. The average molecular weight is 289 g/mol. The molecule has 21 heavy (non-hydrogen) atoms. The van der Waals surface area contributed by atoms with Gasteiger partial charge in [0.25, 0.3) is 0 Å². The Morgan fingerprint density at radius 2 is 2.19 bits per heavy atom. The molecule has 0 spiro atoms. The van der Waals surface area contributed by atoms with Gasteiger partial charge in [0.1, 0.15) is 12.4 Å². The highest BCUT2D eigenvalue weighted by Crippen LogP contribution is 2.33. The molecule has 2 atom stereocenters. The number of rotatable bonds is 4. The Balaban J connectivity index is 1.64. The normalized spacial score (nSPS) is 27.4. The first kappa shape index (κ1) is 14.9. The van der Waals surface area contributed by atoms with Gasteiger partial charge in [-0.15, -0.1) is 0 Å². The van der Waals surface area contributed by atoms with Crippen LogP contribution in [0.25, 0.3) is 0 Å². The number of nitrogens with one attached hydrogen (secondary N) is 1. The predicted octanol–water partition coefficient (Wildman–Crippen LogP) is 3.62. The minimum absolute atomic E-state index is 0.0150. The highest BCUT2D eigenvalue weighted by atomic mass is 16.6. The molecule has 1 saturated heterocycles. The Hall–Kier alpha value is -1.06. The summed E-state index contributed by atoms with van der Waals surface area (Å²) in [6, 6.07) is 7.03. The fourth-order valence-corrected chi connectivity index (χ4v) is 3.55. The predicted molar refractivity (Wildman–Crippen MR) is 84.9 cm³/mol. The second-order valence-corrected chi connectivity index (χ2v) is 6.94. The zero-order valence-electron chi connectivity index (χ0n) is 13.4. The second kappa shape index (κ2) is 5.98. The number of fused-ring (bicyclic) bond motifs is 1. The number of hydrogen-bond acceptors (Lipinski definition) is 3. The van der Waals surface area contributed by atoms with E-state index < -0.39 is 0 Å². The van der Waals surface area contributed by atoms with Crippen LogP contribution in [0.15, 0.2) is 18.2 Å². The van der Waals surface area contributed by atoms with E-state index in [0.717, 1.165) is 18.6 Å². The number of hydrogen-bond donors (Lipinski definition) is 1. The van der Waals surface area contributed by atoms with Gasteiger partial charge in [0.2, 0.25) is 0 Å². The first-order valence-corrected chi connectivity index (χ1v) is 8.18. The van der Waals surface area contributed by atoms with Crippen molar-refractivity contribution < 1.29 is 9.47 Å². The van der Waals surface area contributed by atoms with Gasteiger partial charge in [0, 0.05) is 6.04 Å². The van der Waals surface area contributed by atoms with E-state index in [1.54, 1.807) is 0 Å². The Labute approximate surface area is 128 Å². The fourth-order valence-electron chi connectivity index (χ4n) is 3.55. The monoisotopic (exact) mass is 289 g/mol. The summed E-state index contributed by atoms with van der Waals surface area (Å²) >= 11 is 0. The molecule has 1 aliphatic carbocycles. The van der Waals surface area contributed by atoms with Gasteiger partial charge in [0.05, 0.1) is 11.7 Å². The zero-order chi connectivity index (χ0) is 14.9. The van der Waals surface area contributed by atoms with Gasteiger partial charge < -0.3 is 14.8 Å². The summed E-state index contributed by atoms with van der Waals surface area (Å²) in [5.41, 5.74) is 2.89. The van der Waals surface area contributed by atoms with Gasteiger partial charge in [-0.25, -0.2) is 0 Å². The Morgan fingerprint density at radius 3 is 2.90 bits per heavy atom.